The lowest BCUT2D eigenvalue weighted by atomic mass is 9.82. The lowest BCUT2D eigenvalue weighted by Gasteiger charge is -2.35. The Bertz CT molecular complexity index is 378. The Hall–Kier alpha value is -1.79. The topological polar surface area (TPSA) is 98.7 Å². The third-order valence-corrected chi connectivity index (χ3v) is 3.56. The summed E-state index contributed by atoms with van der Waals surface area (Å²) in [5.74, 6) is -1.27. The standard InChI is InChI=1S/C13H23N3O4/c1-3-14-10(17)9-16(2)12(20)15-13(11(18)19)7-5-4-6-8-13/h3-9H2,1-2H3,(H,14,17)(H,15,20)(H,18,19). The van der Waals surface area contributed by atoms with Crippen molar-refractivity contribution < 1.29 is 19.5 Å². The number of nitrogens with zero attached hydrogens (tertiary/aromatic N) is 1. The summed E-state index contributed by atoms with van der Waals surface area (Å²) in [5.41, 5.74) is -1.19. The highest BCUT2D eigenvalue weighted by Gasteiger charge is 2.41. The number of nitrogens with one attached hydrogen (secondary N) is 2. The number of aliphatic carboxylic acids is 1. The summed E-state index contributed by atoms with van der Waals surface area (Å²) in [6.07, 6.45) is 3.42. The summed E-state index contributed by atoms with van der Waals surface area (Å²) in [5, 5.41) is 14.5. The SMILES string of the molecule is CCNC(=O)CN(C)C(=O)NC1(C(=O)O)CCCCC1. The van der Waals surface area contributed by atoms with E-state index in [4.69, 9.17) is 0 Å². The zero-order chi connectivity index (χ0) is 15.2. The average molecular weight is 285 g/mol. The van der Waals surface area contributed by atoms with Gasteiger partial charge in [-0.05, 0) is 19.8 Å². The molecule has 1 rings (SSSR count). The number of carbonyl (C=O) groups excluding carboxylic acids is 2. The van der Waals surface area contributed by atoms with Crippen LogP contribution in [0.5, 0.6) is 0 Å². The van der Waals surface area contributed by atoms with Crippen LogP contribution in [0.25, 0.3) is 0 Å². The van der Waals surface area contributed by atoms with Gasteiger partial charge in [-0.25, -0.2) is 9.59 Å². The minimum atomic E-state index is -1.19. The van der Waals surface area contributed by atoms with Gasteiger partial charge in [0.05, 0.1) is 0 Å². The van der Waals surface area contributed by atoms with Crippen molar-refractivity contribution in [1.29, 1.82) is 0 Å². The Kier molecular flexibility index (Phi) is 5.79. The minimum Gasteiger partial charge on any atom is -0.480 e. The van der Waals surface area contributed by atoms with Crippen LogP contribution in [0.1, 0.15) is 39.0 Å². The quantitative estimate of drug-likeness (QED) is 0.687. The van der Waals surface area contributed by atoms with Gasteiger partial charge >= 0.3 is 12.0 Å². The van der Waals surface area contributed by atoms with E-state index >= 15 is 0 Å². The molecule has 0 aromatic heterocycles. The van der Waals surface area contributed by atoms with E-state index in [1.165, 1.54) is 11.9 Å². The number of likely N-dealkylation sites (N-methyl/N-ethyl adjacent to an activating group) is 2. The molecule has 3 N–H and O–H groups in total. The monoisotopic (exact) mass is 285 g/mol. The Balaban J connectivity index is 2.62. The van der Waals surface area contributed by atoms with Crippen LogP contribution in [0, 0.1) is 0 Å². The molecule has 20 heavy (non-hydrogen) atoms. The van der Waals surface area contributed by atoms with E-state index < -0.39 is 17.5 Å². The molecule has 0 spiro atoms. The molecule has 0 aliphatic heterocycles. The maximum atomic E-state index is 12.0. The maximum absolute atomic E-state index is 12.0. The van der Waals surface area contributed by atoms with Gasteiger partial charge in [0.2, 0.25) is 5.91 Å². The highest BCUT2D eigenvalue weighted by Crippen LogP contribution is 2.28. The lowest BCUT2D eigenvalue weighted by molar-refractivity contribution is -0.145. The maximum Gasteiger partial charge on any atom is 0.329 e. The largest absolute Gasteiger partial charge is 0.480 e. The Morgan fingerprint density at radius 2 is 1.80 bits per heavy atom. The molecule has 1 aliphatic carbocycles. The van der Waals surface area contributed by atoms with Crippen LogP contribution in [-0.2, 0) is 9.59 Å². The first-order valence-corrected chi connectivity index (χ1v) is 6.94. The Morgan fingerprint density at radius 1 is 1.20 bits per heavy atom. The molecule has 7 nitrogen and oxygen atoms in total. The number of amides is 3. The fourth-order valence-corrected chi connectivity index (χ4v) is 2.39. The van der Waals surface area contributed by atoms with Gasteiger partial charge in [-0.15, -0.1) is 0 Å². The molecule has 0 bridgehead atoms. The molecule has 7 heteroatoms. The van der Waals surface area contributed by atoms with Gasteiger partial charge < -0.3 is 20.6 Å². The molecule has 0 atom stereocenters. The second kappa shape index (κ2) is 7.12. The number of carboxylic acids is 1. The third-order valence-electron chi connectivity index (χ3n) is 3.56. The molecule has 0 aromatic rings. The number of urea groups is 1. The summed E-state index contributed by atoms with van der Waals surface area (Å²) in [4.78, 5) is 36.1. The van der Waals surface area contributed by atoms with E-state index in [0.29, 0.717) is 19.4 Å². The first kappa shape index (κ1) is 16.3. The van der Waals surface area contributed by atoms with Gasteiger partial charge in [-0.3, -0.25) is 4.79 Å². The van der Waals surface area contributed by atoms with Crippen molar-refractivity contribution in [2.45, 2.75) is 44.6 Å². The van der Waals surface area contributed by atoms with Crippen LogP contribution in [0.15, 0.2) is 0 Å². The molecule has 0 heterocycles. The van der Waals surface area contributed by atoms with Gasteiger partial charge in [0.25, 0.3) is 0 Å². The highest BCUT2D eigenvalue weighted by atomic mass is 16.4. The molecule has 1 fully saturated rings. The number of hydrogen-bond donors (Lipinski definition) is 3. The second-order valence-electron chi connectivity index (χ2n) is 5.19. The molecular formula is C13H23N3O4. The molecule has 114 valence electrons. The summed E-state index contributed by atoms with van der Waals surface area (Å²) in [6.45, 7) is 2.20. The van der Waals surface area contributed by atoms with Crippen molar-refractivity contribution in [3.05, 3.63) is 0 Å². The van der Waals surface area contributed by atoms with E-state index in [9.17, 15) is 19.5 Å². The van der Waals surface area contributed by atoms with Crippen molar-refractivity contribution in [3.63, 3.8) is 0 Å². The molecule has 1 aliphatic rings. The number of rotatable bonds is 5. The van der Waals surface area contributed by atoms with Crippen molar-refractivity contribution in [3.8, 4) is 0 Å². The van der Waals surface area contributed by atoms with Crippen molar-refractivity contribution >= 4 is 17.9 Å². The first-order valence-electron chi connectivity index (χ1n) is 6.94. The van der Waals surface area contributed by atoms with E-state index in [-0.39, 0.29) is 12.5 Å². The smallest absolute Gasteiger partial charge is 0.329 e. The molecule has 3 amide bonds. The highest BCUT2D eigenvalue weighted by molar-refractivity contribution is 5.88. The zero-order valence-electron chi connectivity index (χ0n) is 12.1. The van der Waals surface area contributed by atoms with Crippen molar-refractivity contribution in [1.82, 2.24) is 15.5 Å². The summed E-state index contributed by atoms with van der Waals surface area (Å²) >= 11 is 0. The second-order valence-corrected chi connectivity index (χ2v) is 5.19. The van der Waals surface area contributed by atoms with E-state index in [0.717, 1.165) is 19.3 Å². The van der Waals surface area contributed by atoms with E-state index in [1.807, 2.05) is 0 Å². The first-order chi connectivity index (χ1) is 9.41. The minimum absolute atomic E-state index is 0.0879. The zero-order valence-corrected chi connectivity index (χ0v) is 12.1. The summed E-state index contributed by atoms with van der Waals surface area (Å²) < 4.78 is 0. The fraction of sp³-hybridized carbons (Fsp3) is 0.769. The number of carboxylic acid groups (broad SMARTS) is 1. The number of carbonyl (C=O) groups is 3. The third kappa shape index (κ3) is 4.11. The molecular weight excluding hydrogens is 262 g/mol. The molecule has 1 saturated carbocycles. The van der Waals surface area contributed by atoms with E-state index in [2.05, 4.69) is 10.6 Å². The number of hydrogen-bond acceptors (Lipinski definition) is 3. The molecule has 0 unspecified atom stereocenters. The summed E-state index contributed by atoms with van der Waals surface area (Å²) in [6, 6.07) is -0.527. The van der Waals surface area contributed by atoms with Gasteiger partial charge in [-0.1, -0.05) is 19.3 Å². The van der Waals surface area contributed by atoms with Crippen LogP contribution in [0.4, 0.5) is 4.79 Å². The predicted octanol–water partition coefficient (Wildman–Crippen LogP) is 0.551. The predicted molar refractivity (Wildman–Crippen MR) is 73.3 cm³/mol. The van der Waals surface area contributed by atoms with Crippen LogP contribution in [0.3, 0.4) is 0 Å². The normalized spacial score (nSPS) is 17.1. The van der Waals surface area contributed by atoms with Gasteiger partial charge in [-0.2, -0.15) is 0 Å². The summed E-state index contributed by atoms with van der Waals surface area (Å²) in [7, 11) is 1.48. The van der Waals surface area contributed by atoms with Crippen molar-refractivity contribution in [2.75, 3.05) is 20.1 Å². The van der Waals surface area contributed by atoms with Crippen molar-refractivity contribution in [2.24, 2.45) is 0 Å². The van der Waals surface area contributed by atoms with Crippen LogP contribution >= 0.6 is 0 Å². The van der Waals surface area contributed by atoms with Gasteiger partial charge in [0.1, 0.15) is 12.1 Å². The fourth-order valence-electron chi connectivity index (χ4n) is 2.39. The van der Waals surface area contributed by atoms with Crippen LogP contribution in [0.2, 0.25) is 0 Å². The lowest BCUT2D eigenvalue weighted by Crippen LogP contribution is -2.58. The van der Waals surface area contributed by atoms with Crippen LogP contribution in [-0.4, -0.2) is 53.6 Å². The molecule has 0 radical (unpaired) electrons. The van der Waals surface area contributed by atoms with Gasteiger partial charge in [0, 0.05) is 13.6 Å². The Morgan fingerprint density at radius 3 is 2.30 bits per heavy atom. The van der Waals surface area contributed by atoms with Crippen LogP contribution < -0.4 is 10.6 Å². The molecule has 0 aromatic carbocycles. The molecule has 0 saturated heterocycles. The average Bonchev–Trinajstić information content (AvgIpc) is 2.39. The Labute approximate surface area is 118 Å². The van der Waals surface area contributed by atoms with Gasteiger partial charge in [0.15, 0.2) is 0 Å². The van der Waals surface area contributed by atoms with E-state index in [1.54, 1.807) is 6.92 Å².